The number of hydrogen-bond acceptors (Lipinski definition) is 8. The Morgan fingerprint density at radius 1 is 0.686 bits per heavy atom. The molecule has 0 atom stereocenters. The van der Waals surface area contributed by atoms with Gasteiger partial charge in [-0.3, -0.25) is 0 Å². The van der Waals surface area contributed by atoms with Gasteiger partial charge in [0, 0.05) is 7.11 Å². The summed E-state index contributed by atoms with van der Waals surface area (Å²) in [4.78, 5) is 48.3. The first-order valence-electron chi connectivity index (χ1n) is 12.4. The standard InChI is InChI=1S/C24H38O4.CH6O4Si.Na.H/c1-3-5-7-9-11-15-19-27-23(25)21-17-13-14-18-22(21)24(26)28-20-16-12-10-8-6-4-2;1-5-6(2,3)4;;/h13-14,17-18H,3-12,15-16,19-20H2,1-2H3;2-4H,1H3;;. The fourth-order valence-electron chi connectivity index (χ4n) is 3.09. The fraction of sp³-hybridized carbons (Fsp3) is 0.680. The molecule has 0 bridgehead atoms. The molecule has 1 aromatic rings. The van der Waals surface area contributed by atoms with Gasteiger partial charge in [0.2, 0.25) is 0 Å². The van der Waals surface area contributed by atoms with Crippen LogP contribution in [0.2, 0.25) is 0 Å². The van der Waals surface area contributed by atoms with Crippen molar-refractivity contribution in [2.75, 3.05) is 20.3 Å². The third-order valence-electron chi connectivity index (χ3n) is 5.10. The maximum absolute atomic E-state index is 12.4. The van der Waals surface area contributed by atoms with E-state index in [1.807, 2.05) is 0 Å². The number of hydrogen-bond donors (Lipinski definition) is 3. The zero-order valence-corrected chi connectivity index (χ0v) is 22.1. The van der Waals surface area contributed by atoms with Gasteiger partial charge in [0.25, 0.3) is 0 Å². The average Bonchev–Trinajstić information content (AvgIpc) is 2.82. The molecule has 0 aliphatic heterocycles. The van der Waals surface area contributed by atoms with E-state index in [9.17, 15) is 9.59 Å². The number of carbonyl (C=O) groups excluding carboxylic acids is 2. The first kappa shape index (κ1) is 36.4. The van der Waals surface area contributed by atoms with Gasteiger partial charge in [0.05, 0.1) is 24.3 Å². The molecule has 0 aliphatic rings. The molecule has 0 radical (unpaired) electrons. The van der Waals surface area contributed by atoms with Crippen molar-refractivity contribution >= 4 is 50.5 Å². The number of ether oxygens (including phenoxy) is 2. The van der Waals surface area contributed by atoms with Crippen LogP contribution in [0.25, 0.3) is 0 Å². The van der Waals surface area contributed by atoms with E-state index in [4.69, 9.17) is 23.9 Å². The van der Waals surface area contributed by atoms with Crippen LogP contribution in [0, 0.1) is 0 Å². The van der Waals surface area contributed by atoms with Crippen LogP contribution in [0.1, 0.15) is 112 Å². The van der Waals surface area contributed by atoms with Gasteiger partial charge in [-0.2, -0.15) is 0 Å². The minimum atomic E-state index is -4.13. The molecule has 8 nitrogen and oxygen atoms in total. The van der Waals surface area contributed by atoms with Crippen molar-refractivity contribution in [1.29, 1.82) is 0 Å². The van der Waals surface area contributed by atoms with Crippen LogP contribution in [0.15, 0.2) is 24.3 Å². The Balaban J connectivity index is 0. The van der Waals surface area contributed by atoms with Gasteiger partial charge < -0.3 is 28.3 Å². The molecular formula is C25H45NaO8Si. The van der Waals surface area contributed by atoms with E-state index in [0.717, 1.165) is 32.8 Å². The first-order chi connectivity index (χ1) is 16.3. The topological polar surface area (TPSA) is 123 Å². The molecule has 0 aliphatic carbocycles. The minimum absolute atomic E-state index is 0. The molecule has 0 saturated heterocycles. The molecular weight excluding hydrogens is 479 g/mol. The van der Waals surface area contributed by atoms with Crippen molar-refractivity contribution < 1.29 is 37.9 Å². The number of benzene rings is 1. The molecule has 0 heterocycles. The van der Waals surface area contributed by atoms with Gasteiger partial charge >= 0.3 is 50.5 Å². The Kier molecular flexibility index (Phi) is 24.5. The monoisotopic (exact) mass is 524 g/mol. The Morgan fingerprint density at radius 3 is 1.31 bits per heavy atom. The van der Waals surface area contributed by atoms with E-state index in [1.54, 1.807) is 24.3 Å². The maximum atomic E-state index is 12.4. The Bertz CT molecular complexity index is 618. The summed E-state index contributed by atoms with van der Waals surface area (Å²) in [6.45, 7) is 5.17. The quantitative estimate of drug-likeness (QED) is 0.158. The molecule has 0 saturated carbocycles. The zero-order chi connectivity index (χ0) is 25.7. The third kappa shape index (κ3) is 21.0. The molecule has 3 N–H and O–H groups in total. The molecule has 0 amide bonds. The van der Waals surface area contributed by atoms with E-state index < -0.39 is 21.0 Å². The summed E-state index contributed by atoms with van der Waals surface area (Å²) in [7, 11) is -3.11. The third-order valence-corrected chi connectivity index (χ3v) is 5.65. The van der Waals surface area contributed by atoms with Crippen LogP contribution >= 0.6 is 0 Å². The summed E-state index contributed by atoms with van der Waals surface area (Å²) in [6.07, 6.45) is 13.6. The normalized spacial score (nSPS) is 10.6. The molecule has 0 unspecified atom stereocenters. The Labute approximate surface area is 234 Å². The summed E-state index contributed by atoms with van der Waals surface area (Å²) in [5.74, 6) is -0.888. The van der Waals surface area contributed by atoms with Crippen molar-refractivity contribution in [3.05, 3.63) is 35.4 Å². The van der Waals surface area contributed by atoms with Crippen molar-refractivity contribution in [2.24, 2.45) is 0 Å². The summed E-state index contributed by atoms with van der Waals surface area (Å²) < 4.78 is 14.5. The predicted molar refractivity (Wildman–Crippen MR) is 140 cm³/mol. The molecule has 198 valence electrons. The van der Waals surface area contributed by atoms with Crippen molar-refractivity contribution in [1.82, 2.24) is 0 Å². The Hall–Kier alpha value is -0.783. The van der Waals surface area contributed by atoms with Crippen LogP contribution in [-0.4, -0.2) is 85.3 Å². The number of unbranched alkanes of at least 4 members (excludes halogenated alkanes) is 10. The second-order valence-electron chi connectivity index (χ2n) is 8.13. The van der Waals surface area contributed by atoms with Crippen molar-refractivity contribution in [3.8, 4) is 0 Å². The first-order valence-corrected chi connectivity index (χ1v) is 14.2. The van der Waals surface area contributed by atoms with Gasteiger partial charge in [-0.05, 0) is 25.0 Å². The van der Waals surface area contributed by atoms with Gasteiger partial charge in [-0.15, -0.1) is 0 Å². The van der Waals surface area contributed by atoms with Crippen LogP contribution in [0.4, 0.5) is 0 Å². The predicted octanol–water partition coefficient (Wildman–Crippen LogP) is 4.12. The van der Waals surface area contributed by atoms with E-state index >= 15 is 0 Å². The summed E-state index contributed by atoms with van der Waals surface area (Å²) in [5, 5.41) is 0. The number of carbonyl (C=O) groups is 2. The van der Waals surface area contributed by atoms with Gasteiger partial charge in [0.1, 0.15) is 0 Å². The van der Waals surface area contributed by atoms with Gasteiger partial charge in [-0.1, -0.05) is 90.2 Å². The molecule has 0 spiro atoms. The molecule has 1 aromatic carbocycles. The van der Waals surface area contributed by atoms with Crippen molar-refractivity contribution in [3.63, 3.8) is 0 Å². The fourth-order valence-corrected chi connectivity index (χ4v) is 3.09. The average molecular weight is 525 g/mol. The summed E-state index contributed by atoms with van der Waals surface area (Å²) in [6, 6.07) is 6.74. The molecule has 10 heteroatoms. The number of rotatable bonds is 17. The van der Waals surface area contributed by atoms with Crippen LogP contribution in [-0.2, 0) is 13.9 Å². The molecule has 0 aromatic heterocycles. The SMILES string of the molecule is CCCCCCCCOC(=O)c1ccccc1C(=O)OCCCCCCCC.CO[Si](O)(O)O.[NaH]. The molecule has 1 rings (SSSR count). The van der Waals surface area contributed by atoms with Gasteiger partial charge in [0.15, 0.2) is 0 Å². The van der Waals surface area contributed by atoms with Gasteiger partial charge in [-0.25, -0.2) is 9.59 Å². The second kappa shape index (κ2) is 23.6. The zero-order valence-electron chi connectivity index (χ0n) is 21.1. The van der Waals surface area contributed by atoms with E-state index in [0.29, 0.717) is 24.3 Å². The van der Waals surface area contributed by atoms with Crippen LogP contribution < -0.4 is 0 Å². The second-order valence-corrected chi connectivity index (χ2v) is 9.69. The Morgan fingerprint density at radius 2 is 1.00 bits per heavy atom. The molecule has 35 heavy (non-hydrogen) atoms. The van der Waals surface area contributed by atoms with Crippen molar-refractivity contribution in [2.45, 2.75) is 90.9 Å². The van der Waals surface area contributed by atoms with E-state index in [1.165, 1.54) is 51.4 Å². The summed E-state index contributed by atoms with van der Waals surface area (Å²) in [5.41, 5.74) is 0.586. The van der Waals surface area contributed by atoms with Crippen LogP contribution in [0.3, 0.4) is 0 Å². The molecule has 0 fully saturated rings. The van der Waals surface area contributed by atoms with Crippen LogP contribution in [0.5, 0.6) is 0 Å². The van der Waals surface area contributed by atoms with E-state index in [-0.39, 0.29) is 29.6 Å². The number of esters is 2. The summed E-state index contributed by atoms with van der Waals surface area (Å²) >= 11 is 0. The van der Waals surface area contributed by atoms with E-state index in [2.05, 4.69) is 18.3 Å².